The van der Waals surface area contributed by atoms with E-state index in [1.807, 2.05) is 55.5 Å². The van der Waals surface area contributed by atoms with Crippen molar-refractivity contribution in [1.82, 2.24) is 10.6 Å². The number of carbonyl (C=O) groups excluding carboxylic acids is 2. The van der Waals surface area contributed by atoms with Gasteiger partial charge in [0.1, 0.15) is 5.75 Å². The van der Waals surface area contributed by atoms with E-state index in [2.05, 4.69) is 10.6 Å². The fourth-order valence-electron chi connectivity index (χ4n) is 2.96. The fourth-order valence-corrected chi connectivity index (χ4v) is 2.96. The zero-order valence-electron chi connectivity index (χ0n) is 15.0. The second-order valence-electron chi connectivity index (χ2n) is 6.42. The van der Waals surface area contributed by atoms with Crippen LogP contribution in [-0.2, 0) is 11.3 Å². The van der Waals surface area contributed by atoms with E-state index in [1.54, 1.807) is 12.0 Å². The Morgan fingerprint density at radius 2 is 2.00 bits per heavy atom. The van der Waals surface area contributed by atoms with Gasteiger partial charge in [-0.05, 0) is 24.6 Å². The third kappa shape index (κ3) is 4.33. The summed E-state index contributed by atoms with van der Waals surface area (Å²) in [5.74, 6) is 0.685. The zero-order valence-corrected chi connectivity index (χ0v) is 15.0. The third-order valence-corrected chi connectivity index (χ3v) is 4.40. The van der Waals surface area contributed by atoms with Crippen molar-refractivity contribution < 1.29 is 14.3 Å². The summed E-state index contributed by atoms with van der Waals surface area (Å²) in [6, 6.07) is 14.9. The van der Waals surface area contributed by atoms with Crippen LogP contribution in [0, 0.1) is 6.92 Å². The summed E-state index contributed by atoms with van der Waals surface area (Å²) < 4.78 is 5.20. The summed E-state index contributed by atoms with van der Waals surface area (Å²) in [6.07, 6.45) is 0.287. The van der Waals surface area contributed by atoms with E-state index in [4.69, 9.17) is 4.74 Å². The Labute approximate surface area is 153 Å². The Bertz CT molecular complexity index is 789. The molecule has 0 radical (unpaired) electrons. The monoisotopic (exact) mass is 353 g/mol. The number of methoxy groups -OCH3 is 1. The van der Waals surface area contributed by atoms with Gasteiger partial charge < -0.3 is 20.3 Å². The van der Waals surface area contributed by atoms with Gasteiger partial charge in [-0.3, -0.25) is 4.79 Å². The third-order valence-electron chi connectivity index (χ3n) is 4.40. The van der Waals surface area contributed by atoms with Crippen molar-refractivity contribution in [2.75, 3.05) is 18.6 Å². The fraction of sp³-hybridized carbons (Fsp3) is 0.300. The minimum atomic E-state index is -0.268. The summed E-state index contributed by atoms with van der Waals surface area (Å²) >= 11 is 0. The van der Waals surface area contributed by atoms with Crippen LogP contribution in [0.1, 0.15) is 17.5 Å². The summed E-state index contributed by atoms with van der Waals surface area (Å²) in [5.41, 5.74) is 2.99. The standard InChI is InChI=1S/C20H23N3O3/c1-14-6-8-15(9-7-14)12-21-20(25)22-16-10-19(24)23(13-16)17-4-3-5-18(11-17)26-2/h3-9,11,16H,10,12-13H2,1-2H3,(H2,21,22,25)/t16-/m1/s1. The van der Waals surface area contributed by atoms with Gasteiger partial charge >= 0.3 is 6.03 Å². The highest BCUT2D eigenvalue weighted by molar-refractivity contribution is 5.97. The highest BCUT2D eigenvalue weighted by Crippen LogP contribution is 2.25. The lowest BCUT2D eigenvalue weighted by molar-refractivity contribution is -0.117. The van der Waals surface area contributed by atoms with Gasteiger partial charge in [-0.15, -0.1) is 0 Å². The zero-order chi connectivity index (χ0) is 18.5. The van der Waals surface area contributed by atoms with Crippen LogP contribution < -0.4 is 20.3 Å². The van der Waals surface area contributed by atoms with Crippen LogP contribution in [0.5, 0.6) is 5.75 Å². The van der Waals surface area contributed by atoms with Crippen molar-refractivity contribution in [3.8, 4) is 5.75 Å². The van der Waals surface area contributed by atoms with Crippen molar-refractivity contribution >= 4 is 17.6 Å². The van der Waals surface area contributed by atoms with Crippen LogP contribution in [0.25, 0.3) is 0 Å². The van der Waals surface area contributed by atoms with Gasteiger partial charge in [-0.2, -0.15) is 0 Å². The molecule has 26 heavy (non-hydrogen) atoms. The van der Waals surface area contributed by atoms with Crippen LogP contribution in [0.2, 0.25) is 0 Å². The van der Waals surface area contributed by atoms with Gasteiger partial charge in [-0.1, -0.05) is 35.9 Å². The lowest BCUT2D eigenvalue weighted by Gasteiger charge is -2.18. The van der Waals surface area contributed by atoms with Crippen molar-refractivity contribution in [1.29, 1.82) is 0 Å². The molecule has 1 fully saturated rings. The number of rotatable bonds is 5. The first-order valence-corrected chi connectivity index (χ1v) is 8.59. The summed E-state index contributed by atoms with van der Waals surface area (Å²) in [5, 5.41) is 5.71. The molecule has 2 aromatic carbocycles. The quantitative estimate of drug-likeness (QED) is 0.868. The number of hydrogen-bond acceptors (Lipinski definition) is 3. The second-order valence-corrected chi connectivity index (χ2v) is 6.42. The molecule has 2 aromatic rings. The molecule has 6 heteroatoms. The normalized spacial score (nSPS) is 16.5. The summed E-state index contributed by atoms with van der Waals surface area (Å²) in [6.45, 7) is 2.92. The van der Waals surface area contributed by atoms with E-state index < -0.39 is 0 Å². The van der Waals surface area contributed by atoms with Gasteiger partial charge in [0.2, 0.25) is 5.91 Å². The maximum absolute atomic E-state index is 12.3. The van der Waals surface area contributed by atoms with E-state index in [0.29, 0.717) is 18.8 Å². The molecule has 1 heterocycles. The number of carbonyl (C=O) groups is 2. The largest absolute Gasteiger partial charge is 0.497 e. The molecule has 0 saturated carbocycles. The van der Waals surface area contributed by atoms with E-state index >= 15 is 0 Å². The Morgan fingerprint density at radius 1 is 1.23 bits per heavy atom. The number of nitrogens with zero attached hydrogens (tertiary/aromatic N) is 1. The molecule has 0 unspecified atom stereocenters. The first kappa shape index (κ1) is 17.8. The number of benzene rings is 2. The van der Waals surface area contributed by atoms with Crippen LogP contribution in [0.3, 0.4) is 0 Å². The van der Waals surface area contributed by atoms with Gasteiger partial charge in [0.05, 0.1) is 13.2 Å². The van der Waals surface area contributed by atoms with Crippen molar-refractivity contribution in [2.24, 2.45) is 0 Å². The number of urea groups is 1. The molecule has 1 aliphatic rings. The van der Waals surface area contributed by atoms with Crippen molar-refractivity contribution in [2.45, 2.75) is 25.9 Å². The van der Waals surface area contributed by atoms with Crippen molar-refractivity contribution in [3.63, 3.8) is 0 Å². The molecule has 0 bridgehead atoms. The predicted octanol–water partition coefficient (Wildman–Crippen LogP) is 2.61. The van der Waals surface area contributed by atoms with E-state index in [-0.39, 0.29) is 24.4 Å². The molecule has 0 spiro atoms. The maximum atomic E-state index is 12.3. The van der Waals surface area contributed by atoms with Crippen LogP contribution in [0.4, 0.5) is 10.5 Å². The Hall–Kier alpha value is -3.02. The number of hydrogen-bond donors (Lipinski definition) is 2. The lowest BCUT2D eigenvalue weighted by atomic mass is 10.1. The Kier molecular flexibility index (Phi) is 5.41. The van der Waals surface area contributed by atoms with Gasteiger partial charge in [0.15, 0.2) is 0 Å². The smallest absolute Gasteiger partial charge is 0.315 e. The molecular weight excluding hydrogens is 330 g/mol. The maximum Gasteiger partial charge on any atom is 0.315 e. The Morgan fingerprint density at radius 3 is 2.73 bits per heavy atom. The second kappa shape index (κ2) is 7.91. The SMILES string of the molecule is COc1cccc(N2C[C@H](NC(=O)NCc3ccc(C)cc3)CC2=O)c1. The van der Waals surface area contributed by atoms with Crippen LogP contribution >= 0.6 is 0 Å². The van der Waals surface area contributed by atoms with Gasteiger partial charge in [0.25, 0.3) is 0 Å². The highest BCUT2D eigenvalue weighted by atomic mass is 16.5. The molecule has 136 valence electrons. The molecule has 2 N–H and O–H groups in total. The highest BCUT2D eigenvalue weighted by Gasteiger charge is 2.31. The van der Waals surface area contributed by atoms with Gasteiger partial charge in [0, 0.05) is 31.3 Å². The minimum Gasteiger partial charge on any atom is -0.497 e. The number of ether oxygens (including phenoxy) is 1. The van der Waals surface area contributed by atoms with Crippen LogP contribution in [0.15, 0.2) is 48.5 Å². The average Bonchev–Trinajstić information content (AvgIpc) is 3.01. The summed E-state index contributed by atoms with van der Waals surface area (Å²) in [7, 11) is 1.59. The molecule has 0 aliphatic carbocycles. The number of anilines is 1. The van der Waals surface area contributed by atoms with E-state index in [9.17, 15) is 9.59 Å². The molecule has 1 saturated heterocycles. The molecule has 3 rings (SSSR count). The first-order chi connectivity index (χ1) is 12.5. The summed E-state index contributed by atoms with van der Waals surface area (Å²) in [4.78, 5) is 26.1. The Balaban J connectivity index is 1.53. The number of amides is 3. The molecule has 0 aromatic heterocycles. The van der Waals surface area contributed by atoms with Crippen LogP contribution in [-0.4, -0.2) is 31.6 Å². The number of nitrogens with one attached hydrogen (secondary N) is 2. The van der Waals surface area contributed by atoms with Crippen molar-refractivity contribution in [3.05, 3.63) is 59.7 Å². The minimum absolute atomic E-state index is 0.0120. The van der Waals surface area contributed by atoms with Gasteiger partial charge in [-0.25, -0.2) is 4.79 Å². The molecule has 1 aliphatic heterocycles. The lowest BCUT2D eigenvalue weighted by Crippen LogP contribution is -2.43. The number of aryl methyl sites for hydroxylation is 1. The molecule has 3 amide bonds. The van der Waals surface area contributed by atoms with E-state index in [1.165, 1.54) is 5.56 Å². The molecule has 1 atom stereocenters. The topological polar surface area (TPSA) is 70.7 Å². The average molecular weight is 353 g/mol. The van der Waals surface area contributed by atoms with E-state index in [0.717, 1.165) is 11.3 Å². The predicted molar refractivity (Wildman–Crippen MR) is 100 cm³/mol. The first-order valence-electron chi connectivity index (χ1n) is 8.59. The molecular formula is C20H23N3O3. The molecule has 6 nitrogen and oxygen atoms in total.